The topological polar surface area (TPSA) is 3.24 Å². The van der Waals surface area contributed by atoms with Gasteiger partial charge in [0.05, 0.1) is 11.5 Å². The average molecular weight is 321 g/mol. The summed E-state index contributed by atoms with van der Waals surface area (Å²) in [4.78, 5) is 2.54. The molecule has 2 unspecified atom stereocenters. The van der Waals surface area contributed by atoms with Crippen LogP contribution in [-0.2, 0) is 12.1 Å². The van der Waals surface area contributed by atoms with Crippen molar-refractivity contribution in [1.29, 1.82) is 0 Å². The molecule has 1 nitrogen and oxygen atoms in total. The van der Waals surface area contributed by atoms with Crippen LogP contribution in [0.25, 0.3) is 0 Å². The minimum Gasteiger partial charge on any atom is -0.356 e. The Kier molecular flexibility index (Phi) is 3.02. The molecule has 2 aliphatic heterocycles. The number of benzene rings is 3. The second kappa shape index (κ2) is 5.26. The van der Waals surface area contributed by atoms with Crippen LogP contribution < -0.4 is 4.90 Å². The highest BCUT2D eigenvalue weighted by atomic mass is 15.3. The second-order valence-corrected chi connectivity index (χ2v) is 7.02. The molecule has 3 aromatic rings. The number of rotatable bonds is 0. The molecule has 0 radical (unpaired) electrons. The number of fused-ring (bicyclic) bond motifs is 5. The average Bonchev–Trinajstić information content (AvgIpc) is 3.09. The van der Waals surface area contributed by atoms with Crippen LogP contribution in [0.3, 0.4) is 0 Å². The number of hydrogen-bond donors (Lipinski definition) is 0. The molecule has 0 bridgehead atoms. The number of para-hydroxylation sites is 1. The third-order valence-corrected chi connectivity index (χ3v) is 5.69. The molecule has 2 heterocycles. The molecule has 0 N–H and O–H groups in total. The SMILES string of the molecule is CC12c3ccccc3CN1c1ccccc1C2C#Cc1ccccc1. The first kappa shape index (κ1) is 14.4. The highest BCUT2D eigenvalue weighted by Gasteiger charge is 2.52. The Hall–Kier alpha value is -2.98. The molecule has 2 atom stereocenters. The lowest BCUT2D eigenvalue weighted by Gasteiger charge is -2.34. The van der Waals surface area contributed by atoms with Gasteiger partial charge in [0, 0.05) is 17.8 Å². The van der Waals surface area contributed by atoms with Gasteiger partial charge in [0.2, 0.25) is 0 Å². The van der Waals surface area contributed by atoms with Crippen LogP contribution in [0.15, 0.2) is 78.9 Å². The van der Waals surface area contributed by atoms with E-state index in [2.05, 4.69) is 84.3 Å². The van der Waals surface area contributed by atoms with Gasteiger partial charge in [-0.1, -0.05) is 72.5 Å². The highest BCUT2D eigenvalue weighted by molar-refractivity contribution is 5.71. The van der Waals surface area contributed by atoms with Crippen molar-refractivity contribution in [3.8, 4) is 11.8 Å². The molecule has 0 aliphatic carbocycles. The highest BCUT2D eigenvalue weighted by Crippen LogP contribution is 2.57. The van der Waals surface area contributed by atoms with Crippen LogP contribution in [0.4, 0.5) is 5.69 Å². The van der Waals surface area contributed by atoms with Gasteiger partial charge in [0.25, 0.3) is 0 Å². The lowest BCUT2D eigenvalue weighted by molar-refractivity contribution is 0.463. The second-order valence-electron chi connectivity index (χ2n) is 7.02. The molecule has 0 saturated carbocycles. The maximum Gasteiger partial charge on any atom is 0.0811 e. The summed E-state index contributed by atoms with van der Waals surface area (Å²) in [7, 11) is 0. The van der Waals surface area contributed by atoms with Gasteiger partial charge in [0.15, 0.2) is 0 Å². The Morgan fingerprint density at radius 3 is 2.48 bits per heavy atom. The fourth-order valence-electron chi connectivity index (χ4n) is 4.45. The molecule has 0 spiro atoms. The first-order valence-corrected chi connectivity index (χ1v) is 8.80. The normalized spacial score (nSPS) is 22.6. The van der Waals surface area contributed by atoms with Crippen molar-refractivity contribution in [1.82, 2.24) is 0 Å². The quantitative estimate of drug-likeness (QED) is 0.522. The lowest BCUT2D eigenvalue weighted by Crippen LogP contribution is -2.37. The van der Waals surface area contributed by atoms with Crippen LogP contribution in [0.2, 0.25) is 0 Å². The van der Waals surface area contributed by atoms with Gasteiger partial charge < -0.3 is 4.90 Å². The summed E-state index contributed by atoms with van der Waals surface area (Å²) >= 11 is 0. The summed E-state index contributed by atoms with van der Waals surface area (Å²) < 4.78 is 0. The van der Waals surface area contributed by atoms with Gasteiger partial charge in [-0.3, -0.25) is 0 Å². The molecule has 2 aliphatic rings. The van der Waals surface area contributed by atoms with Crippen molar-refractivity contribution >= 4 is 5.69 Å². The molecule has 120 valence electrons. The molecule has 0 amide bonds. The summed E-state index contributed by atoms with van der Waals surface area (Å²) in [6.45, 7) is 3.32. The summed E-state index contributed by atoms with van der Waals surface area (Å²) in [5, 5.41) is 0. The van der Waals surface area contributed by atoms with E-state index in [1.165, 1.54) is 22.4 Å². The Labute approximate surface area is 148 Å². The van der Waals surface area contributed by atoms with E-state index in [0.29, 0.717) is 0 Å². The van der Waals surface area contributed by atoms with E-state index < -0.39 is 0 Å². The van der Waals surface area contributed by atoms with Crippen LogP contribution in [-0.4, -0.2) is 0 Å². The van der Waals surface area contributed by atoms with Crippen molar-refractivity contribution in [2.45, 2.75) is 24.9 Å². The van der Waals surface area contributed by atoms with E-state index >= 15 is 0 Å². The zero-order chi connectivity index (χ0) is 16.9. The third kappa shape index (κ3) is 1.98. The number of anilines is 1. The Balaban J connectivity index is 1.69. The van der Waals surface area contributed by atoms with Gasteiger partial charge in [-0.15, -0.1) is 0 Å². The molecule has 3 aromatic carbocycles. The zero-order valence-corrected chi connectivity index (χ0v) is 14.2. The fourth-order valence-corrected chi connectivity index (χ4v) is 4.45. The number of nitrogens with zero attached hydrogens (tertiary/aromatic N) is 1. The van der Waals surface area contributed by atoms with Crippen molar-refractivity contribution < 1.29 is 0 Å². The molecule has 0 fully saturated rings. The molecular formula is C24H19N. The lowest BCUT2D eigenvalue weighted by atomic mass is 9.79. The molecule has 25 heavy (non-hydrogen) atoms. The fraction of sp³-hybridized carbons (Fsp3) is 0.167. The third-order valence-electron chi connectivity index (χ3n) is 5.69. The van der Waals surface area contributed by atoms with E-state index in [1.54, 1.807) is 0 Å². The van der Waals surface area contributed by atoms with E-state index in [1.807, 2.05) is 18.2 Å². The van der Waals surface area contributed by atoms with E-state index in [-0.39, 0.29) is 11.5 Å². The van der Waals surface area contributed by atoms with Crippen molar-refractivity contribution in [3.63, 3.8) is 0 Å². The van der Waals surface area contributed by atoms with Crippen molar-refractivity contribution in [2.24, 2.45) is 0 Å². The van der Waals surface area contributed by atoms with Gasteiger partial charge in [-0.05, 0) is 41.8 Å². The monoisotopic (exact) mass is 321 g/mol. The van der Waals surface area contributed by atoms with Gasteiger partial charge >= 0.3 is 0 Å². The Bertz CT molecular complexity index is 1010. The first-order valence-electron chi connectivity index (χ1n) is 8.80. The summed E-state index contributed by atoms with van der Waals surface area (Å²) in [6, 6.07) is 27.9. The molecule has 0 saturated heterocycles. The standard InChI is InChI=1S/C24H19N/c1-24-21-13-7-5-11-19(21)17-25(24)23-14-8-6-12-20(23)22(24)16-15-18-9-3-2-4-10-18/h2-14,22H,17H2,1H3. The molecule has 0 aromatic heterocycles. The molecule has 5 rings (SSSR count). The predicted molar refractivity (Wildman–Crippen MR) is 102 cm³/mol. The summed E-state index contributed by atoms with van der Waals surface area (Å²) in [5.41, 5.74) is 6.50. The minimum absolute atomic E-state index is 0.0952. The van der Waals surface area contributed by atoms with Crippen LogP contribution in [0.5, 0.6) is 0 Å². The first-order chi connectivity index (χ1) is 12.3. The van der Waals surface area contributed by atoms with Crippen LogP contribution in [0, 0.1) is 11.8 Å². The van der Waals surface area contributed by atoms with Gasteiger partial charge in [-0.2, -0.15) is 0 Å². The van der Waals surface area contributed by atoms with Gasteiger partial charge in [0.1, 0.15) is 0 Å². The maximum atomic E-state index is 3.62. The molecular weight excluding hydrogens is 302 g/mol. The van der Waals surface area contributed by atoms with Crippen LogP contribution in [0.1, 0.15) is 35.1 Å². The Morgan fingerprint density at radius 1 is 0.880 bits per heavy atom. The van der Waals surface area contributed by atoms with Crippen molar-refractivity contribution in [3.05, 3.63) is 101 Å². The Morgan fingerprint density at radius 2 is 1.60 bits per heavy atom. The van der Waals surface area contributed by atoms with Gasteiger partial charge in [-0.25, -0.2) is 0 Å². The van der Waals surface area contributed by atoms with E-state index in [0.717, 1.165) is 12.1 Å². The minimum atomic E-state index is -0.0952. The van der Waals surface area contributed by atoms with E-state index in [9.17, 15) is 0 Å². The predicted octanol–water partition coefficient (Wildman–Crippen LogP) is 5.07. The summed E-state index contributed by atoms with van der Waals surface area (Å²) in [5.74, 6) is 7.21. The van der Waals surface area contributed by atoms with E-state index in [4.69, 9.17) is 0 Å². The summed E-state index contributed by atoms with van der Waals surface area (Å²) in [6.07, 6.45) is 0. The van der Waals surface area contributed by atoms with Crippen LogP contribution >= 0.6 is 0 Å². The van der Waals surface area contributed by atoms with Crippen molar-refractivity contribution in [2.75, 3.05) is 4.90 Å². The molecule has 1 heteroatoms. The maximum absolute atomic E-state index is 3.62. The zero-order valence-electron chi connectivity index (χ0n) is 14.2. The largest absolute Gasteiger partial charge is 0.356 e. The smallest absolute Gasteiger partial charge is 0.0811 e. The number of hydrogen-bond acceptors (Lipinski definition) is 1.